The number of rotatable bonds is 8. The minimum atomic E-state index is 0.125. The van der Waals surface area contributed by atoms with Crippen LogP contribution < -0.4 is 16.0 Å². The molecule has 3 rings (SSSR count). The van der Waals surface area contributed by atoms with Crippen LogP contribution in [0.2, 0.25) is 0 Å². The Morgan fingerprint density at radius 1 is 0.917 bits per heavy atom. The van der Waals surface area contributed by atoms with Crippen LogP contribution >= 0.6 is 0 Å². The molecule has 0 aromatic heterocycles. The van der Waals surface area contributed by atoms with Crippen LogP contribution in [0.15, 0.2) is 84.5 Å². The Kier molecular flexibility index (Phi) is 8.76. The summed E-state index contributed by atoms with van der Waals surface area (Å²) in [6.45, 7) is 20.1. The molecule has 0 amide bonds. The summed E-state index contributed by atoms with van der Waals surface area (Å²) < 4.78 is 0. The second-order valence-electron chi connectivity index (χ2n) is 10.2. The zero-order valence-corrected chi connectivity index (χ0v) is 22.8. The number of nitrogens with one attached hydrogen (secondary N) is 3. The first-order valence-corrected chi connectivity index (χ1v) is 12.6. The fourth-order valence-corrected chi connectivity index (χ4v) is 3.88. The summed E-state index contributed by atoms with van der Waals surface area (Å²) in [6.07, 6.45) is 1.98. The summed E-state index contributed by atoms with van der Waals surface area (Å²) >= 11 is 0. The standard InChI is InChI=1S/C32H40N4/c1-9-33-21-31(36-25(5)35-28-19-13-22(2)14-20-28)29-11-10-12-30(23(29)3)34-24(4)26-15-17-27(18-16-26)32(6,7)8/h10-21,33-34H,4,9H2,1-3,5-8H3,(H,35,36)/b31-21-. The van der Waals surface area contributed by atoms with Gasteiger partial charge in [0.25, 0.3) is 0 Å². The van der Waals surface area contributed by atoms with E-state index in [0.717, 1.165) is 51.8 Å². The van der Waals surface area contributed by atoms with Gasteiger partial charge in [0.1, 0.15) is 5.84 Å². The lowest BCUT2D eigenvalue weighted by molar-refractivity contribution is 0.590. The Bertz CT molecular complexity index is 1240. The van der Waals surface area contributed by atoms with Crippen LogP contribution in [0.25, 0.3) is 11.4 Å². The van der Waals surface area contributed by atoms with Gasteiger partial charge in [0, 0.05) is 35.4 Å². The molecule has 0 saturated heterocycles. The number of aryl methyl sites for hydroxylation is 1. The zero-order chi connectivity index (χ0) is 26.3. The molecular weight excluding hydrogens is 440 g/mol. The minimum Gasteiger partial charge on any atom is -0.389 e. The van der Waals surface area contributed by atoms with Crippen LogP contribution in [0.3, 0.4) is 0 Å². The third kappa shape index (κ3) is 7.11. The quantitative estimate of drug-likeness (QED) is 0.225. The van der Waals surface area contributed by atoms with E-state index in [1.165, 1.54) is 11.1 Å². The number of hydrogen-bond acceptors (Lipinski definition) is 3. The highest BCUT2D eigenvalue weighted by atomic mass is 15.0. The largest absolute Gasteiger partial charge is 0.389 e. The molecule has 4 nitrogen and oxygen atoms in total. The lowest BCUT2D eigenvalue weighted by Gasteiger charge is -2.20. The van der Waals surface area contributed by atoms with Gasteiger partial charge < -0.3 is 16.0 Å². The maximum atomic E-state index is 4.93. The van der Waals surface area contributed by atoms with Crippen molar-refractivity contribution in [2.24, 2.45) is 4.99 Å². The second-order valence-corrected chi connectivity index (χ2v) is 10.2. The zero-order valence-electron chi connectivity index (χ0n) is 22.8. The van der Waals surface area contributed by atoms with E-state index in [1.54, 1.807) is 0 Å². The van der Waals surface area contributed by atoms with Crippen molar-refractivity contribution in [2.75, 3.05) is 17.2 Å². The van der Waals surface area contributed by atoms with Crippen LogP contribution in [0.4, 0.5) is 11.4 Å². The van der Waals surface area contributed by atoms with E-state index in [1.807, 2.05) is 13.1 Å². The van der Waals surface area contributed by atoms with Crippen molar-refractivity contribution in [3.8, 4) is 0 Å². The number of anilines is 2. The maximum absolute atomic E-state index is 4.93. The van der Waals surface area contributed by atoms with Crippen LogP contribution in [0, 0.1) is 13.8 Å². The summed E-state index contributed by atoms with van der Waals surface area (Å²) in [6, 6.07) is 23.2. The van der Waals surface area contributed by atoms with Gasteiger partial charge in [-0.3, -0.25) is 0 Å². The molecule has 3 aromatic rings. The molecule has 36 heavy (non-hydrogen) atoms. The molecule has 0 unspecified atom stereocenters. The highest BCUT2D eigenvalue weighted by Gasteiger charge is 2.14. The number of hydrogen-bond donors (Lipinski definition) is 3. The summed E-state index contributed by atoms with van der Waals surface area (Å²) in [7, 11) is 0. The van der Waals surface area contributed by atoms with E-state index in [4.69, 9.17) is 4.99 Å². The summed E-state index contributed by atoms with van der Waals surface area (Å²) in [4.78, 5) is 4.93. The second kappa shape index (κ2) is 11.8. The molecule has 0 atom stereocenters. The molecule has 0 aliphatic heterocycles. The first kappa shape index (κ1) is 26.8. The summed E-state index contributed by atoms with van der Waals surface area (Å²) in [5.74, 6) is 0.823. The predicted molar refractivity (Wildman–Crippen MR) is 159 cm³/mol. The van der Waals surface area contributed by atoms with Crippen LogP contribution in [0.1, 0.15) is 62.4 Å². The number of aliphatic imine (C=N–C) groups is 1. The smallest absolute Gasteiger partial charge is 0.104 e. The Labute approximate surface area is 217 Å². The Balaban J connectivity index is 1.85. The predicted octanol–water partition coefficient (Wildman–Crippen LogP) is 8.12. The fourth-order valence-electron chi connectivity index (χ4n) is 3.88. The fraction of sp³-hybridized carbons (Fsp3) is 0.281. The maximum Gasteiger partial charge on any atom is 0.104 e. The molecular formula is C32H40N4. The van der Waals surface area contributed by atoms with Crippen LogP contribution in [0.5, 0.6) is 0 Å². The molecule has 0 aliphatic rings. The first-order valence-electron chi connectivity index (χ1n) is 12.6. The van der Waals surface area contributed by atoms with E-state index in [0.29, 0.717) is 0 Å². The topological polar surface area (TPSA) is 48.5 Å². The molecule has 0 bridgehead atoms. The van der Waals surface area contributed by atoms with Gasteiger partial charge >= 0.3 is 0 Å². The van der Waals surface area contributed by atoms with Gasteiger partial charge in [-0.05, 0) is 68.0 Å². The first-order chi connectivity index (χ1) is 17.1. The average molecular weight is 481 g/mol. The van der Waals surface area contributed by atoms with Crippen LogP contribution in [-0.2, 0) is 5.41 Å². The van der Waals surface area contributed by atoms with Crippen molar-refractivity contribution < 1.29 is 0 Å². The van der Waals surface area contributed by atoms with E-state index < -0.39 is 0 Å². The summed E-state index contributed by atoms with van der Waals surface area (Å²) in [5.41, 5.74) is 9.68. The van der Waals surface area contributed by atoms with Gasteiger partial charge in [-0.1, -0.05) is 81.4 Å². The van der Waals surface area contributed by atoms with Gasteiger partial charge in [-0.2, -0.15) is 0 Å². The molecule has 0 spiro atoms. The molecule has 3 N–H and O–H groups in total. The Morgan fingerprint density at radius 3 is 2.19 bits per heavy atom. The molecule has 0 saturated carbocycles. The van der Waals surface area contributed by atoms with Crippen molar-refractivity contribution >= 4 is 28.6 Å². The van der Waals surface area contributed by atoms with Crippen molar-refractivity contribution in [3.05, 3.63) is 107 Å². The molecule has 0 radical (unpaired) electrons. The molecule has 0 heterocycles. The van der Waals surface area contributed by atoms with Gasteiger partial charge in [-0.15, -0.1) is 0 Å². The van der Waals surface area contributed by atoms with Gasteiger partial charge in [0.05, 0.1) is 5.70 Å². The third-order valence-corrected chi connectivity index (χ3v) is 6.10. The van der Waals surface area contributed by atoms with Crippen molar-refractivity contribution in [2.45, 2.75) is 53.9 Å². The third-order valence-electron chi connectivity index (χ3n) is 6.10. The van der Waals surface area contributed by atoms with E-state index in [-0.39, 0.29) is 5.41 Å². The van der Waals surface area contributed by atoms with Gasteiger partial charge in [-0.25, -0.2) is 4.99 Å². The SMILES string of the molecule is C=C(Nc1cccc(/C(=C/NCC)N=C(C)Nc2ccc(C)cc2)c1C)c1ccc(C(C)(C)C)cc1. The van der Waals surface area contributed by atoms with Crippen molar-refractivity contribution in [1.29, 1.82) is 0 Å². The van der Waals surface area contributed by atoms with E-state index in [9.17, 15) is 0 Å². The Hall–Kier alpha value is -3.79. The number of nitrogens with zero attached hydrogens (tertiary/aromatic N) is 1. The Morgan fingerprint density at radius 2 is 1.58 bits per heavy atom. The van der Waals surface area contributed by atoms with Crippen molar-refractivity contribution in [3.63, 3.8) is 0 Å². The normalized spacial score (nSPS) is 12.3. The van der Waals surface area contributed by atoms with Gasteiger partial charge in [0.2, 0.25) is 0 Å². The lowest BCUT2D eigenvalue weighted by atomic mass is 9.86. The molecule has 0 fully saturated rings. The lowest BCUT2D eigenvalue weighted by Crippen LogP contribution is -2.11. The summed E-state index contributed by atoms with van der Waals surface area (Å²) in [5, 5.41) is 10.2. The van der Waals surface area contributed by atoms with E-state index >= 15 is 0 Å². The van der Waals surface area contributed by atoms with E-state index in [2.05, 4.69) is 131 Å². The average Bonchev–Trinajstić information content (AvgIpc) is 2.84. The monoisotopic (exact) mass is 480 g/mol. The number of amidine groups is 1. The highest BCUT2D eigenvalue weighted by Crippen LogP contribution is 2.29. The minimum absolute atomic E-state index is 0.125. The molecule has 0 aliphatic carbocycles. The molecule has 3 aromatic carbocycles. The van der Waals surface area contributed by atoms with Crippen molar-refractivity contribution in [1.82, 2.24) is 5.32 Å². The number of benzene rings is 3. The highest BCUT2D eigenvalue weighted by molar-refractivity contribution is 5.97. The molecule has 188 valence electrons. The van der Waals surface area contributed by atoms with Gasteiger partial charge in [0.15, 0.2) is 0 Å². The van der Waals surface area contributed by atoms with Crippen LogP contribution in [-0.4, -0.2) is 12.4 Å². The molecule has 4 heteroatoms.